The van der Waals surface area contributed by atoms with Gasteiger partial charge in [-0.2, -0.15) is 0 Å². The van der Waals surface area contributed by atoms with Crippen molar-refractivity contribution in [3.05, 3.63) is 47.9 Å². The van der Waals surface area contributed by atoms with Gasteiger partial charge in [-0.25, -0.2) is 9.78 Å². The summed E-state index contributed by atoms with van der Waals surface area (Å²) in [5.41, 5.74) is 2.12. The Labute approximate surface area is 165 Å². The largest absolute Gasteiger partial charge is 0.352 e. The zero-order valence-electron chi connectivity index (χ0n) is 16.6. The lowest BCUT2D eigenvalue weighted by molar-refractivity contribution is 0.0953. The zero-order chi connectivity index (χ0) is 20.4. The normalized spacial score (nSPS) is 10.6. The molecule has 0 spiro atoms. The molecule has 2 rings (SSSR count). The summed E-state index contributed by atoms with van der Waals surface area (Å²) < 4.78 is 0. The minimum Gasteiger partial charge on any atom is -0.352 e. The lowest BCUT2D eigenvalue weighted by Crippen LogP contribution is -2.25. The van der Waals surface area contributed by atoms with Crippen LogP contribution in [0.25, 0.3) is 0 Å². The number of urea groups is 1. The van der Waals surface area contributed by atoms with Gasteiger partial charge in [-0.05, 0) is 56.1 Å². The summed E-state index contributed by atoms with van der Waals surface area (Å²) in [6, 6.07) is 4.88. The number of anilines is 2. The number of unbranched alkanes of at least 4 members (excludes halogenated alkanes) is 1. The summed E-state index contributed by atoms with van der Waals surface area (Å²) >= 11 is 0. The van der Waals surface area contributed by atoms with Crippen LogP contribution in [0, 0.1) is 0 Å². The minimum atomic E-state index is -0.413. The van der Waals surface area contributed by atoms with Crippen molar-refractivity contribution in [3.8, 4) is 0 Å². The van der Waals surface area contributed by atoms with E-state index < -0.39 is 6.03 Å². The summed E-state index contributed by atoms with van der Waals surface area (Å²) in [5.74, 6) is 0.387. The van der Waals surface area contributed by atoms with E-state index in [0.717, 1.165) is 24.9 Å². The average Bonchev–Trinajstić information content (AvgIpc) is 2.68. The molecule has 2 aromatic rings. The van der Waals surface area contributed by atoms with Crippen LogP contribution in [0.15, 0.2) is 36.8 Å². The third kappa shape index (κ3) is 6.62. The van der Waals surface area contributed by atoms with Gasteiger partial charge in [-0.3, -0.25) is 15.1 Å². The van der Waals surface area contributed by atoms with E-state index in [9.17, 15) is 9.59 Å². The quantitative estimate of drug-likeness (QED) is 0.497. The number of hydrogen-bond donors (Lipinski definition) is 4. The van der Waals surface area contributed by atoms with Crippen LogP contribution in [0.4, 0.5) is 16.3 Å². The predicted octanol–water partition coefficient (Wildman–Crippen LogP) is 2.97. The molecule has 0 saturated carbocycles. The molecule has 0 aliphatic heterocycles. The van der Waals surface area contributed by atoms with Crippen LogP contribution >= 0.6 is 0 Å². The van der Waals surface area contributed by atoms with Crippen LogP contribution in [0.5, 0.6) is 0 Å². The number of benzene rings is 1. The summed E-state index contributed by atoms with van der Waals surface area (Å²) in [4.78, 5) is 32.5. The summed E-state index contributed by atoms with van der Waals surface area (Å²) in [6.07, 6.45) is 6.43. The molecular formula is C20H28N6O2. The van der Waals surface area contributed by atoms with E-state index in [1.165, 1.54) is 18.6 Å². The van der Waals surface area contributed by atoms with Crippen molar-refractivity contribution in [2.24, 2.45) is 0 Å². The first-order chi connectivity index (χ1) is 13.5. The van der Waals surface area contributed by atoms with Gasteiger partial charge in [0.15, 0.2) is 5.82 Å². The third-order valence-corrected chi connectivity index (χ3v) is 4.13. The molecule has 0 aliphatic carbocycles. The van der Waals surface area contributed by atoms with Gasteiger partial charge in [0.2, 0.25) is 0 Å². The second-order valence-electron chi connectivity index (χ2n) is 6.69. The molecule has 0 fully saturated rings. The average molecular weight is 384 g/mol. The Balaban J connectivity index is 2.01. The Kier molecular flexibility index (Phi) is 8.36. The smallest absolute Gasteiger partial charge is 0.324 e. The van der Waals surface area contributed by atoms with Gasteiger partial charge in [0.1, 0.15) is 0 Å². The first-order valence-electron chi connectivity index (χ1n) is 9.42. The standard InChI is InChI=1S/C20H28N6O2/c1-14(2)16-12-15(19(27)24-9-5-4-8-21-3)6-7-17(16)25-20(28)26-18-13-22-10-11-23-18/h6-7,10-14,21H,4-5,8-9H2,1-3H3,(H,24,27)(H2,23,25,26,28). The van der Waals surface area contributed by atoms with E-state index in [0.29, 0.717) is 23.6 Å². The Morgan fingerprint density at radius 2 is 1.86 bits per heavy atom. The molecule has 1 aromatic heterocycles. The number of nitrogens with one attached hydrogen (secondary N) is 4. The Morgan fingerprint density at radius 1 is 1.07 bits per heavy atom. The van der Waals surface area contributed by atoms with Crippen molar-refractivity contribution in [2.45, 2.75) is 32.6 Å². The van der Waals surface area contributed by atoms with E-state index in [1.807, 2.05) is 27.0 Å². The van der Waals surface area contributed by atoms with Crippen LogP contribution in [0.2, 0.25) is 0 Å². The highest BCUT2D eigenvalue weighted by atomic mass is 16.2. The molecule has 3 amide bonds. The van der Waals surface area contributed by atoms with Gasteiger partial charge < -0.3 is 16.0 Å². The van der Waals surface area contributed by atoms with Crippen LogP contribution in [-0.4, -0.2) is 42.0 Å². The molecule has 0 unspecified atom stereocenters. The SMILES string of the molecule is CNCCCCNC(=O)c1ccc(NC(=O)Nc2cnccn2)c(C(C)C)c1. The van der Waals surface area contributed by atoms with Gasteiger partial charge in [-0.15, -0.1) is 0 Å². The molecule has 0 bridgehead atoms. The molecule has 0 aliphatic rings. The first-order valence-corrected chi connectivity index (χ1v) is 9.42. The monoisotopic (exact) mass is 384 g/mol. The molecule has 0 atom stereocenters. The molecule has 0 saturated heterocycles. The molecule has 8 nitrogen and oxygen atoms in total. The topological polar surface area (TPSA) is 108 Å². The summed E-state index contributed by atoms with van der Waals surface area (Å²) in [5, 5.41) is 11.5. The summed E-state index contributed by atoms with van der Waals surface area (Å²) in [7, 11) is 1.91. The van der Waals surface area contributed by atoms with Crippen LogP contribution in [-0.2, 0) is 0 Å². The molecule has 4 N–H and O–H groups in total. The maximum absolute atomic E-state index is 12.4. The number of carbonyl (C=O) groups excluding carboxylic acids is 2. The van der Waals surface area contributed by atoms with Crippen molar-refractivity contribution in [2.75, 3.05) is 30.8 Å². The van der Waals surface area contributed by atoms with Gasteiger partial charge in [0, 0.05) is 30.2 Å². The third-order valence-electron chi connectivity index (χ3n) is 4.13. The number of rotatable bonds is 9. The van der Waals surface area contributed by atoms with E-state index in [2.05, 4.69) is 31.2 Å². The van der Waals surface area contributed by atoms with Crippen molar-refractivity contribution < 1.29 is 9.59 Å². The Hall–Kier alpha value is -3.00. The molecule has 8 heteroatoms. The van der Waals surface area contributed by atoms with Crippen molar-refractivity contribution >= 4 is 23.4 Å². The fraction of sp³-hybridized carbons (Fsp3) is 0.400. The van der Waals surface area contributed by atoms with E-state index in [1.54, 1.807) is 12.1 Å². The van der Waals surface area contributed by atoms with Gasteiger partial charge in [0.05, 0.1) is 6.20 Å². The van der Waals surface area contributed by atoms with E-state index in [4.69, 9.17) is 0 Å². The fourth-order valence-corrected chi connectivity index (χ4v) is 2.66. The Bertz CT molecular complexity index is 780. The lowest BCUT2D eigenvalue weighted by Gasteiger charge is -2.16. The second kappa shape index (κ2) is 11.0. The molecule has 0 radical (unpaired) electrons. The molecule has 1 aromatic carbocycles. The predicted molar refractivity (Wildman–Crippen MR) is 111 cm³/mol. The van der Waals surface area contributed by atoms with Crippen LogP contribution in [0.3, 0.4) is 0 Å². The van der Waals surface area contributed by atoms with Crippen molar-refractivity contribution in [1.82, 2.24) is 20.6 Å². The van der Waals surface area contributed by atoms with Gasteiger partial charge in [-0.1, -0.05) is 13.8 Å². The number of nitrogens with zero attached hydrogens (tertiary/aromatic N) is 2. The highest BCUT2D eigenvalue weighted by Crippen LogP contribution is 2.26. The molecular weight excluding hydrogens is 356 g/mol. The highest BCUT2D eigenvalue weighted by molar-refractivity contribution is 6.00. The number of aromatic nitrogens is 2. The van der Waals surface area contributed by atoms with Gasteiger partial charge >= 0.3 is 6.03 Å². The molecule has 28 heavy (non-hydrogen) atoms. The molecule has 150 valence electrons. The highest BCUT2D eigenvalue weighted by Gasteiger charge is 2.14. The maximum atomic E-state index is 12.4. The van der Waals surface area contributed by atoms with Crippen LogP contribution < -0.4 is 21.3 Å². The second-order valence-corrected chi connectivity index (χ2v) is 6.69. The molecule has 1 heterocycles. The Morgan fingerprint density at radius 3 is 2.54 bits per heavy atom. The number of hydrogen-bond acceptors (Lipinski definition) is 5. The lowest BCUT2D eigenvalue weighted by atomic mass is 9.98. The minimum absolute atomic E-state index is 0.109. The van der Waals surface area contributed by atoms with E-state index >= 15 is 0 Å². The summed E-state index contributed by atoms with van der Waals surface area (Å²) in [6.45, 7) is 5.60. The maximum Gasteiger partial charge on any atom is 0.324 e. The number of carbonyl (C=O) groups is 2. The van der Waals surface area contributed by atoms with E-state index in [-0.39, 0.29) is 11.8 Å². The van der Waals surface area contributed by atoms with Crippen molar-refractivity contribution in [1.29, 1.82) is 0 Å². The first kappa shape index (κ1) is 21.3. The van der Waals surface area contributed by atoms with Crippen molar-refractivity contribution in [3.63, 3.8) is 0 Å². The zero-order valence-corrected chi connectivity index (χ0v) is 16.6. The van der Waals surface area contributed by atoms with Crippen LogP contribution in [0.1, 0.15) is 48.5 Å². The number of amides is 3. The fourth-order valence-electron chi connectivity index (χ4n) is 2.66. The van der Waals surface area contributed by atoms with Gasteiger partial charge in [0.25, 0.3) is 5.91 Å².